The molecule has 1 aromatic heterocycles. The second-order valence-corrected chi connectivity index (χ2v) is 8.13. The van der Waals surface area contributed by atoms with Crippen LogP contribution in [0.3, 0.4) is 0 Å². The van der Waals surface area contributed by atoms with Crippen molar-refractivity contribution >= 4 is 27.3 Å². The quantitative estimate of drug-likeness (QED) is 0.685. The lowest BCUT2D eigenvalue weighted by Crippen LogP contribution is -2.17. The van der Waals surface area contributed by atoms with E-state index in [4.69, 9.17) is 0 Å². The molecule has 0 unspecified atom stereocenters. The molecule has 9 heteroatoms. The fourth-order valence-corrected chi connectivity index (χ4v) is 3.37. The summed E-state index contributed by atoms with van der Waals surface area (Å²) in [5.74, 6) is -1.11. The maximum Gasteiger partial charge on any atom is 0.257 e. The van der Waals surface area contributed by atoms with Crippen LogP contribution in [-0.4, -0.2) is 30.4 Å². The summed E-state index contributed by atoms with van der Waals surface area (Å²) in [6, 6.07) is 12.3. The van der Waals surface area contributed by atoms with E-state index in [9.17, 15) is 17.6 Å². The highest BCUT2D eigenvalue weighted by Crippen LogP contribution is 2.22. The zero-order valence-electron chi connectivity index (χ0n) is 15.5. The van der Waals surface area contributed by atoms with E-state index in [2.05, 4.69) is 15.1 Å². The van der Waals surface area contributed by atoms with E-state index in [1.54, 1.807) is 18.2 Å². The first kappa shape index (κ1) is 19.6. The van der Waals surface area contributed by atoms with E-state index in [-0.39, 0.29) is 22.6 Å². The molecular formula is C19H19FN4O3S. The first-order valence-corrected chi connectivity index (χ1v) is 10.2. The number of hydrogen-bond acceptors (Lipinski definition) is 4. The third-order valence-electron chi connectivity index (χ3n) is 3.91. The Morgan fingerprint density at radius 1 is 1.11 bits per heavy atom. The lowest BCUT2D eigenvalue weighted by Gasteiger charge is -2.12. The first-order valence-electron chi connectivity index (χ1n) is 8.35. The van der Waals surface area contributed by atoms with Crippen molar-refractivity contribution in [1.82, 2.24) is 9.78 Å². The first-order chi connectivity index (χ1) is 13.1. The molecule has 7 nitrogen and oxygen atoms in total. The molecule has 0 fully saturated rings. The molecule has 0 atom stereocenters. The number of amides is 1. The molecular weight excluding hydrogens is 383 g/mol. The number of para-hydroxylation sites is 1. The Kier molecular flexibility index (Phi) is 5.19. The van der Waals surface area contributed by atoms with Gasteiger partial charge in [0.15, 0.2) is 5.82 Å². The van der Waals surface area contributed by atoms with Crippen LogP contribution in [0.15, 0.2) is 48.5 Å². The Morgan fingerprint density at radius 3 is 2.43 bits per heavy atom. The van der Waals surface area contributed by atoms with Gasteiger partial charge in [0.1, 0.15) is 5.69 Å². The van der Waals surface area contributed by atoms with Gasteiger partial charge in [-0.3, -0.25) is 9.52 Å². The molecule has 3 rings (SSSR count). The Morgan fingerprint density at radius 2 is 1.82 bits per heavy atom. The molecule has 0 saturated heterocycles. The summed E-state index contributed by atoms with van der Waals surface area (Å²) >= 11 is 0. The number of halogens is 1. The van der Waals surface area contributed by atoms with Crippen LogP contribution in [0.25, 0.3) is 5.69 Å². The third-order valence-corrected chi connectivity index (χ3v) is 4.50. The molecule has 0 aliphatic carbocycles. The average Bonchev–Trinajstić information content (AvgIpc) is 2.92. The van der Waals surface area contributed by atoms with E-state index in [1.807, 2.05) is 19.9 Å². The average molecular weight is 402 g/mol. The minimum absolute atomic E-state index is 0.121. The van der Waals surface area contributed by atoms with Crippen LogP contribution in [0.4, 0.5) is 15.8 Å². The minimum Gasteiger partial charge on any atom is -0.322 e. The van der Waals surface area contributed by atoms with Gasteiger partial charge in [-0.25, -0.2) is 17.5 Å². The van der Waals surface area contributed by atoms with Gasteiger partial charge in [-0.1, -0.05) is 12.1 Å². The second kappa shape index (κ2) is 7.43. The molecule has 0 saturated carbocycles. The predicted octanol–water partition coefficient (Wildman–Crippen LogP) is 3.25. The van der Waals surface area contributed by atoms with Crippen LogP contribution in [-0.2, 0) is 10.0 Å². The van der Waals surface area contributed by atoms with Crippen LogP contribution < -0.4 is 10.0 Å². The van der Waals surface area contributed by atoms with Crippen molar-refractivity contribution in [1.29, 1.82) is 0 Å². The summed E-state index contributed by atoms with van der Waals surface area (Å²) in [4.78, 5) is 12.6. The molecule has 1 heterocycles. The summed E-state index contributed by atoms with van der Waals surface area (Å²) in [7, 11) is -3.55. The molecule has 28 heavy (non-hydrogen) atoms. The molecule has 3 aromatic rings. The minimum atomic E-state index is -3.55. The van der Waals surface area contributed by atoms with Crippen molar-refractivity contribution in [3.63, 3.8) is 0 Å². The summed E-state index contributed by atoms with van der Waals surface area (Å²) in [6.07, 6.45) is 0.995. The van der Waals surface area contributed by atoms with Gasteiger partial charge in [0.05, 0.1) is 23.2 Å². The fourth-order valence-electron chi connectivity index (χ4n) is 2.80. The largest absolute Gasteiger partial charge is 0.322 e. The summed E-state index contributed by atoms with van der Waals surface area (Å²) < 4.78 is 41.3. The topological polar surface area (TPSA) is 93.1 Å². The number of nitrogens with zero attached hydrogens (tertiary/aromatic N) is 2. The Bertz CT molecular complexity index is 1160. The van der Waals surface area contributed by atoms with Gasteiger partial charge in [-0.05, 0) is 50.2 Å². The molecule has 0 spiro atoms. The highest BCUT2D eigenvalue weighted by atomic mass is 32.2. The Balaban J connectivity index is 1.86. The van der Waals surface area contributed by atoms with Gasteiger partial charge in [0, 0.05) is 11.4 Å². The van der Waals surface area contributed by atoms with E-state index < -0.39 is 21.7 Å². The SMILES string of the molecule is Cc1cc(C)n(-c2ccc(NC(=O)c3ccccc3NS(C)(=O)=O)cc2F)n1. The van der Waals surface area contributed by atoms with Crippen LogP contribution in [0.5, 0.6) is 0 Å². The summed E-state index contributed by atoms with van der Waals surface area (Å²) in [5, 5.41) is 6.83. The van der Waals surface area contributed by atoms with Crippen molar-refractivity contribution in [2.45, 2.75) is 13.8 Å². The van der Waals surface area contributed by atoms with Crippen molar-refractivity contribution in [3.8, 4) is 5.69 Å². The number of anilines is 2. The standard InChI is InChI=1S/C19H19FN4O3S/c1-12-10-13(2)24(22-12)18-9-8-14(11-16(18)20)21-19(25)15-6-4-5-7-17(15)23-28(3,26)27/h4-11,23H,1-3H3,(H,21,25). The third kappa shape index (κ3) is 4.37. The molecule has 2 N–H and O–H groups in total. The second-order valence-electron chi connectivity index (χ2n) is 6.38. The van der Waals surface area contributed by atoms with Crippen LogP contribution >= 0.6 is 0 Å². The normalized spacial score (nSPS) is 11.3. The predicted molar refractivity (Wildman–Crippen MR) is 106 cm³/mol. The summed E-state index contributed by atoms with van der Waals surface area (Å²) in [5.41, 5.74) is 2.32. The maximum absolute atomic E-state index is 14.6. The smallest absolute Gasteiger partial charge is 0.257 e. The van der Waals surface area contributed by atoms with E-state index >= 15 is 0 Å². The highest BCUT2D eigenvalue weighted by Gasteiger charge is 2.15. The van der Waals surface area contributed by atoms with Crippen LogP contribution in [0, 0.1) is 19.7 Å². The van der Waals surface area contributed by atoms with Gasteiger partial charge in [-0.15, -0.1) is 0 Å². The number of carbonyl (C=O) groups is 1. The maximum atomic E-state index is 14.6. The number of sulfonamides is 1. The van der Waals surface area contributed by atoms with Gasteiger partial charge in [0.2, 0.25) is 10.0 Å². The molecule has 0 aliphatic heterocycles. The monoisotopic (exact) mass is 402 g/mol. The lowest BCUT2D eigenvalue weighted by atomic mass is 10.1. The van der Waals surface area contributed by atoms with Gasteiger partial charge in [-0.2, -0.15) is 5.10 Å². The molecule has 0 bridgehead atoms. The van der Waals surface area contributed by atoms with E-state index in [0.717, 1.165) is 17.6 Å². The fraction of sp³-hybridized carbons (Fsp3) is 0.158. The molecule has 146 valence electrons. The zero-order valence-corrected chi connectivity index (χ0v) is 16.3. The van der Waals surface area contributed by atoms with Crippen molar-refractivity contribution in [2.75, 3.05) is 16.3 Å². The highest BCUT2D eigenvalue weighted by molar-refractivity contribution is 7.92. The lowest BCUT2D eigenvalue weighted by molar-refractivity contribution is 0.102. The van der Waals surface area contributed by atoms with Crippen LogP contribution in [0.2, 0.25) is 0 Å². The number of rotatable bonds is 5. The molecule has 1 amide bonds. The Labute approximate surface area is 162 Å². The van der Waals surface area contributed by atoms with Crippen LogP contribution in [0.1, 0.15) is 21.7 Å². The van der Waals surface area contributed by atoms with E-state index in [1.165, 1.54) is 28.9 Å². The number of hydrogen-bond donors (Lipinski definition) is 2. The Hall–Kier alpha value is -3.20. The zero-order chi connectivity index (χ0) is 20.5. The molecule has 2 aromatic carbocycles. The van der Waals surface area contributed by atoms with Crippen molar-refractivity contribution in [2.24, 2.45) is 0 Å². The number of aryl methyl sites for hydroxylation is 2. The summed E-state index contributed by atoms with van der Waals surface area (Å²) in [6.45, 7) is 3.64. The van der Waals surface area contributed by atoms with Gasteiger partial charge < -0.3 is 5.32 Å². The van der Waals surface area contributed by atoms with Crippen molar-refractivity contribution < 1.29 is 17.6 Å². The van der Waals surface area contributed by atoms with Gasteiger partial charge >= 0.3 is 0 Å². The van der Waals surface area contributed by atoms with Gasteiger partial charge in [0.25, 0.3) is 5.91 Å². The number of benzene rings is 2. The van der Waals surface area contributed by atoms with Crippen molar-refractivity contribution in [3.05, 3.63) is 71.3 Å². The van der Waals surface area contributed by atoms with E-state index in [0.29, 0.717) is 0 Å². The number of aromatic nitrogens is 2. The molecule has 0 radical (unpaired) electrons. The molecule has 0 aliphatic rings. The number of carbonyl (C=O) groups excluding carboxylic acids is 1. The number of nitrogens with one attached hydrogen (secondary N) is 2.